The number of benzene rings is 1. The number of amides is 1. The first-order valence-electron chi connectivity index (χ1n) is 5.68. The molecule has 2 N–H and O–H groups in total. The molecule has 3 nitrogen and oxygen atoms in total. The van der Waals surface area contributed by atoms with Crippen LogP contribution in [0.2, 0.25) is 0 Å². The molecule has 1 aliphatic carbocycles. The molecule has 3 rings (SSSR count). The van der Waals surface area contributed by atoms with Gasteiger partial charge >= 0.3 is 0 Å². The van der Waals surface area contributed by atoms with Crippen LogP contribution in [0.4, 0.5) is 13.2 Å². The fourth-order valence-corrected chi connectivity index (χ4v) is 2.60. The van der Waals surface area contributed by atoms with Crippen molar-refractivity contribution in [1.29, 1.82) is 0 Å². The molecule has 2 aliphatic rings. The van der Waals surface area contributed by atoms with E-state index in [9.17, 15) is 18.0 Å². The molecule has 0 bridgehead atoms. The largest absolute Gasteiger partial charge is 0.338 e. The highest BCUT2D eigenvalue weighted by molar-refractivity contribution is 5.94. The number of piperidine rings is 1. The van der Waals surface area contributed by atoms with Crippen LogP contribution in [0.1, 0.15) is 10.4 Å². The molecular weight excluding hydrogens is 245 g/mol. The maximum atomic E-state index is 13.0. The van der Waals surface area contributed by atoms with Crippen molar-refractivity contribution in [2.24, 2.45) is 17.6 Å². The molecule has 2 fully saturated rings. The molecule has 6 heteroatoms. The van der Waals surface area contributed by atoms with Crippen molar-refractivity contribution in [2.75, 3.05) is 13.1 Å². The molecule has 0 radical (unpaired) electrons. The van der Waals surface area contributed by atoms with Crippen LogP contribution in [-0.4, -0.2) is 29.9 Å². The Morgan fingerprint density at radius 1 is 1.17 bits per heavy atom. The monoisotopic (exact) mass is 256 g/mol. The molecular formula is C12H11F3N2O. The lowest BCUT2D eigenvalue weighted by Crippen LogP contribution is -2.34. The van der Waals surface area contributed by atoms with Crippen LogP contribution in [-0.2, 0) is 0 Å². The van der Waals surface area contributed by atoms with E-state index in [-0.39, 0.29) is 11.6 Å². The first-order valence-corrected chi connectivity index (χ1v) is 5.68. The summed E-state index contributed by atoms with van der Waals surface area (Å²) in [4.78, 5) is 13.5. The van der Waals surface area contributed by atoms with E-state index >= 15 is 0 Å². The Morgan fingerprint density at radius 3 is 2.17 bits per heavy atom. The van der Waals surface area contributed by atoms with Gasteiger partial charge in [0.15, 0.2) is 17.5 Å². The van der Waals surface area contributed by atoms with E-state index in [1.807, 2.05) is 0 Å². The lowest BCUT2D eigenvalue weighted by Gasteiger charge is -2.19. The summed E-state index contributed by atoms with van der Waals surface area (Å²) in [5, 5.41) is 0. The molecule has 0 spiro atoms. The molecule has 2 unspecified atom stereocenters. The molecule has 18 heavy (non-hydrogen) atoms. The molecule has 1 aromatic carbocycles. The standard InChI is InChI=1S/C12H11F3N2O/c13-8-1-5(2-9(14)10(8)15)12(18)17-3-6-7(4-17)11(6)16/h1-2,6-7,11H,3-4,16H2. The maximum absolute atomic E-state index is 13.0. The second kappa shape index (κ2) is 3.71. The molecule has 0 aromatic heterocycles. The Balaban J connectivity index is 1.81. The molecule has 1 heterocycles. The zero-order valence-corrected chi connectivity index (χ0v) is 9.37. The molecule has 96 valence electrons. The van der Waals surface area contributed by atoms with Gasteiger partial charge in [0.05, 0.1) is 0 Å². The fourth-order valence-electron chi connectivity index (χ4n) is 2.60. The summed E-state index contributed by atoms with van der Waals surface area (Å²) in [5.41, 5.74) is 5.57. The molecule has 1 amide bonds. The van der Waals surface area contributed by atoms with Crippen LogP contribution in [0.25, 0.3) is 0 Å². The van der Waals surface area contributed by atoms with Crippen LogP contribution in [0, 0.1) is 29.3 Å². The molecule has 2 atom stereocenters. The van der Waals surface area contributed by atoms with Gasteiger partial charge in [0, 0.05) is 24.7 Å². The third-order valence-corrected chi connectivity index (χ3v) is 3.78. The van der Waals surface area contributed by atoms with Gasteiger partial charge in [0.25, 0.3) is 5.91 Å². The van der Waals surface area contributed by atoms with Gasteiger partial charge in [-0.25, -0.2) is 13.2 Å². The Bertz CT molecular complexity index is 499. The highest BCUT2D eigenvalue weighted by Crippen LogP contribution is 2.44. The maximum Gasteiger partial charge on any atom is 0.254 e. The third kappa shape index (κ3) is 1.59. The van der Waals surface area contributed by atoms with Crippen molar-refractivity contribution in [3.05, 3.63) is 35.1 Å². The van der Waals surface area contributed by atoms with E-state index < -0.39 is 23.4 Å². The number of hydrogen-bond acceptors (Lipinski definition) is 2. The number of carbonyl (C=O) groups is 1. The summed E-state index contributed by atoms with van der Waals surface area (Å²) >= 11 is 0. The second-order valence-corrected chi connectivity index (χ2v) is 4.87. The predicted octanol–water partition coefficient (Wildman–Crippen LogP) is 1.13. The van der Waals surface area contributed by atoms with Crippen molar-refractivity contribution >= 4 is 5.91 Å². The minimum absolute atomic E-state index is 0.135. The van der Waals surface area contributed by atoms with Crippen molar-refractivity contribution in [2.45, 2.75) is 6.04 Å². The first-order chi connectivity index (χ1) is 8.49. The Kier molecular flexibility index (Phi) is 2.38. The Morgan fingerprint density at radius 2 is 1.67 bits per heavy atom. The Labute approximate surface area is 101 Å². The number of halogens is 3. The van der Waals surface area contributed by atoms with Crippen LogP contribution in [0.15, 0.2) is 12.1 Å². The van der Waals surface area contributed by atoms with Gasteiger partial charge in [-0.05, 0) is 24.0 Å². The number of likely N-dealkylation sites (tertiary alicyclic amines) is 1. The van der Waals surface area contributed by atoms with Crippen molar-refractivity contribution < 1.29 is 18.0 Å². The van der Waals surface area contributed by atoms with Gasteiger partial charge in [-0.2, -0.15) is 0 Å². The van der Waals surface area contributed by atoms with E-state index in [0.717, 1.165) is 12.1 Å². The van der Waals surface area contributed by atoms with Gasteiger partial charge in [-0.1, -0.05) is 0 Å². The van der Waals surface area contributed by atoms with Crippen molar-refractivity contribution in [3.63, 3.8) is 0 Å². The van der Waals surface area contributed by atoms with E-state index in [1.165, 1.54) is 4.90 Å². The molecule has 1 aliphatic heterocycles. The van der Waals surface area contributed by atoms with Crippen LogP contribution >= 0.6 is 0 Å². The van der Waals surface area contributed by atoms with E-state index in [2.05, 4.69) is 0 Å². The van der Waals surface area contributed by atoms with Gasteiger partial charge < -0.3 is 10.6 Å². The molecule has 1 aromatic rings. The van der Waals surface area contributed by atoms with Gasteiger partial charge in [0.2, 0.25) is 0 Å². The molecule has 1 saturated carbocycles. The highest BCUT2D eigenvalue weighted by atomic mass is 19.2. The number of rotatable bonds is 1. The Hall–Kier alpha value is -1.56. The fraction of sp³-hybridized carbons (Fsp3) is 0.417. The highest BCUT2D eigenvalue weighted by Gasteiger charge is 2.54. The average Bonchev–Trinajstić information content (AvgIpc) is 2.80. The minimum Gasteiger partial charge on any atom is -0.338 e. The minimum atomic E-state index is -1.56. The average molecular weight is 256 g/mol. The number of nitrogens with two attached hydrogens (primary N) is 1. The number of nitrogens with zero attached hydrogens (tertiary/aromatic N) is 1. The lowest BCUT2D eigenvalue weighted by atomic mass is 10.1. The lowest BCUT2D eigenvalue weighted by molar-refractivity contribution is 0.0772. The summed E-state index contributed by atoms with van der Waals surface area (Å²) in [7, 11) is 0. The van der Waals surface area contributed by atoms with Crippen LogP contribution in [0.3, 0.4) is 0 Å². The second-order valence-electron chi connectivity index (χ2n) is 4.87. The normalized spacial score (nSPS) is 29.3. The number of hydrogen-bond donors (Lipinski definition) is 1. The predicted molar refractivity (Wildman–Crippen MR) is 57.2 cm³/mol. The quantitative estimate of drug-likeness (QED) is 0.766. The summed E-state index contributed by atoms with van der Waals surface area (Å²) in [6, 6.07) is 1.59. The third-order valence-electron chi connectivity index (χ3n) is 3.78. The smallest absolute Gasteiger partial charge is 0.254 e. The topological polar surface area (TPSA) is 46.3 Å². The zero-order valence-electron chi connectivity index (χ0n) is 9.37. The van der Waals surface area contributed by atoms with Crippen LogP contribution < -0.4 is 5.73 Å². The first kappa shape index (κ1) is 11.5. The zero-order chi connectivity index (χ0) is 13.0. The van der Waals surface area contributed by atoms with Crippen molar-refractivity contribution in [1.82, 2.24) is 4.90 Å². The van der Waals surface area contributed by atoms with Crippen LogP contribution in [0.5, 0.6) is 0 Å². The molecule has 1 saturated heterocycles. The number of fused-ring (bicyclic) bond motifs is 1. The summed E-state index contributed by atoms with van der Waals surface area (Å²) in [5.74, 6) is -4.14. The van der Waals surface area contributed by atoms with Gasteiger partial charge in [0.1, 0.15) is 0 Å². The number of carbonyl (C=O) groups excluding carboxylic acids is 1. The van der Waals surface area contributed by atoms with Gasteiger partial charge in [-0.15, -0.1) is 0 Å². The van der Waals surface area contributed by atoms with E-state index in [4.69, 9.17) is 5.73 Å². The summed E-state index contributed by atoms with van der Waals surface area (Å²) in [6.07, 6.45) is 0. The van der Waals surface area contributed by atoms with Gasteiger partial charge in [-0.3, -0.25) is 4.79 Å². The summed E-state index contributed by atoms with van der Waals surface area (Å²) in [6.45, 7) is 1.01. The van der Waals surface area contributed by atoms with E-state index in [0.29, 0.717) is 24.9 Å². The SMILES string of the molecule is NC1C2CN(C(=O)c3cc(F)c(F)c(F)c3)CC12. The van der Waals surface area contributed by atoms with Crippen molar-refractivity contribution in [3.8, 4) is 0 Å². The van der Waals surface area contributed by atoms with E-state index in [1.54, 1.807) is 0 Å². The summed E-state index contributed by atoms with van der Waals surface area (Å²) < 4.78 is 38.8.